The number of hydrogen-bond acceptors (Lipinski definition) is 4. The fraction of sp³-hybridized carbons (Fsp3) is 0.167. The maximum atomic E-state index is 12.5. The lowest BCUT2D eigenvalue weighted by atomic mass is 10.2. The third kappa shape index (κ3) is 7.18. The van der Waals surface area contributed by atoms with Gasteiger partial charge in [-0.1, -0.05) is 46.4 Å². The topological polar surface area (TPSA) is 76.7 Å². The van der Waals surface area contributed by atoms with Crippen LogP contribution in [0.5, 0.6) is 11.5 Å². The van der Waals surface area contributed by atoms with E-state index in [1.54, 1.807) is 62.4 Å². The van der Waals surface area contributed by atoms with Crippen LogP contribution < -0.4 is 20.1 Å². The molecule has 0 saturated heterocycles. The molecule has 2 unspecified atom stereocenters. The third-order valence-corrected chi connectivity index (χ3v) is 5.61. The molecule has 0 aliphatic rings. The molecule has 10 heteroatoms. The smallest absolute Gasteiger partial charge is 0.265 e. The van der Waals surface area contributed by atoms with E-state index in [2.05, 4.69) is 10.6 Å². The van der Waals surface area contributed by atoms with Crippen LogP contribution in [0.25, 0.3) is 0 Å². The van der Waals surface area contributed by atoms with E-state index in [0.29, 0.717) is 43.0 Å². The number of benzene rings is 3. The molecule has 0 radical (unpaired) electrons. The highest BCUT2D eigenvalue weighted by molar-refractivity contribution is 6.36. The molecule has 2 amide bonds. The number of carbonyl (C=O) groups is 2. The van der Waals surface area contributed by atoms with E-state index in [0.717, 1.165) is 0 Å². The quantitative estimate of drug-likeness (QED) is 0.318. The van der Waals surface area contributed by atoms with Crippen molar-refractivity contribution < 1.29 is 19.1 Å². The number of anilines is 2. The summed E-state index contributed by atoms with van der Waals surface area (Å²) in [6, 6.07) is 16.1. The molecule has 2 atom stereocenters. The Bertz CT molecular complexity index is 1100. The first-order chi connectivity index (χ1) is 16.1. The Balaban J connectivity index is 1.53. The summed E-state index contributed by atoms with van der Waals surface area (Å²) in [5.41, 5.74) is 1.05. The Morgan fingerprint density at radius 2 is 1.00 bits per heavy atom. The number of halogens is 4. The van der Waals surface area contributed by atoms with Crippen LogP contribution in [-0.4, -0.2) is 24.0 Å². The van der Waals surface area contributed by atoms with E-state index < -0.39 is 12.2 Å². The fourth-order valence-corrected chi connectivity index (χ4v) is 3.66. The maximum Gasteiger partial charge on any atom is 0.265 e. The molecular formula is C24H20Cl4N2O4. The van der Waals surface area contributed by atoms with Crippen molar-refractivity contribution in [2.75, 3.05) is 10.6 Å². The van der Waals surface area contributed by atoms with E-state index in [9.17, 15) is 9.59 Å². The number of amides is 2. The van der Waals surface area contributed by atoms with Gasteiger partial charge < -0.3 is 20.1 Å². The molecule has 0 spiro atoms. The minimum absolute atomic E-state index is 0.309. The Labute approximate surface area is 217 Å². The summed E-state index contributed by atoms with van der Waals surface area (Å²) in [5, 5.41) is 7.04. The van der Waals surface area contributed by atoms with Crippen molar-refractivity contribution in [3.05, 3.63) is 80.8 Å². The van der Waals surface area contributed by atoms with Gasteiger partial charge in [0.1, 0.15) is 11.5 Å². The summed E-state index contributed by atoms with van der Waals surface area (Å²) in [6.45, 7) is 3.20. The number of rotatable bonds is 8. The summed E-state index contributed by atoms with van der Waals surface area (Å²) in [6.07, 6.45) is -1.62. The minimum Gasteiger partial charge on any atom is -0.479 e. The van der Waals surface area contributed by atoms with Crippen molar-refractivity contribution in [2.24, 2.45) is 0 Å². The number of nitrogens with one attached hydrogen (secondary N) is 2. The van der Waals surface area contributed by atoms with Crippen molar-refractivity contribution in [1.29, 1.82) is 0 Å². The SMILES string of the molecule is CC(Oc1ccc(Cl)cc1Cl)C(=O)Nc1ccc(NC(=O)C(C)Oc2ccc(Cl)cc2Cl)cc1. The van der Waals surface area contributed by atoms with Gasteiger partial charge in [-0.15, -0.1) is 0 Å². The predicted molar refractivity (Wildman–Crippen MR) is 137 cm³/mol. The lowest BCUT2D eigenvalue weighted by Crippen LogP contribution is -2.30. The van der Waals surface area contributed by atoms with E-state index in [1.807, 2.05) is 0 Å². The standard InChI is InChI=1S/C24H20Cl4N2O4/c1-13(33-21-9-3-15(25)11-19(21)27)23(31)29-17-5-7-18(8-6-17)30-24(32)14(2)34-22-10-4-16(26)12-20(22)28/h3-14H,1-2H3,(H,29,31)(H,30,32). The van der Waals surface area contributed by atoms with Crippen LogP contribution >= 0.6 is 46.4 Å². The first kappa shape index (κ1) is 26.0. The Hall–Kier alpha value is -2.64. The molecular weight excluding hydrogens is 522 g/mol. The van der Waals surface area contributed by atoms with E-state index >= 15 is 0 Å². The molecule has 3 aromatic rings. The van der Waals surface area contributed by atoms with E-state index in [-0.39, 0.29) is 11.8 Å². The molecule has 0 bridgehead atoms. The summed E-state index contributed by atoms with van der Waals surface area (Å²) in [7, 11) is 0. The van der Waals surface area contributed by atoms with Crippen molar-refractivity contribution >= 4 is 69.6 Å². The normalized spacial score (nSPS) is 12.4. The maximum absolute atomic E-state index is 12.5. The van der Waals surface area contributed by atoms with Gasteiger partial charge >= 0.3 is 0 Å². The molecule has 3 rings (SSSR count). The largest absolute Gasteiger partial charge is 0.479 e. The zero-order valence-electron chi connectivity index (χ0n) is 18.1. The lowest BCUT2D eigenvalue weighted by molar-refractivity contribution is -0.122. The summed E-state index contributed by atoms with van der Waals surface area (Å²) < 4.78 is 11.2. The van der Waals surface area contributed by atoms with Gasteiger partial charge in [0.25, 0.3) is 11.8 Å². The second kappa shape index (κ2) is 11.7. The highest BCUT2D eigenvalue weighted by Gasteiger charge is 2.18. The highest BCUT2D eigenvalue weighted by Crippen LogP contribution is 2.29. The van der Waals surface area contributed by atoms with Gasteiger partial charge in [-0.05, 0) is 74.5 Å². The monoisotopic (exact) mass is 540 g/mol. The first-order valence-corrected chi connectivity index (χ1v) is 11.6. The van der Waals surface area contributed by atoms with Gasteiger partial charge in [0, 0.05) is 21.4 Å². The van der Waals surface area contributed by atoms with E-state index in [4.69, 9.17) is 55.9 Å². The van der Waals surface area contributed by atoms with Crippen molar-refractivity contribution in [2.45, 2.75) is 26.1 Å². The zero-order valence-corrected chi connectivity index (χ0v) is 21.1. The molecule has 3 aromatic carbocycles. The Morgan fingerprint density at radius 1 is 0.647 bits per heavy atom. The molecule has 0 heterocycles. The molecule has 0 saturated carbocycles. The third-order valence-electron chi connectivity index (χ3n) is 4.55. The van der Waals surface area contributed by atoms with Gasteiger partial charge in [0.2, 0.25) is 0 Å². The molecule has 0 fully saturated rings. The van der Waals surface area contributed by atoms with Gasteiger partial charge in [-0.25, -0.2) is 0 Å². The van der Waals surface area contributed by atoms with Crippen LogP contribution in [0, 0.1) is 0 Å². The number of ether oxygens (including phenoxy) is 2. The minimum atomic E-state index is -0.809. The van der Waals surface area contributed by atoms with Crippen molar-refractivity contribution in [1.82, 2.24) is 0 Å². The van der Waals surface area contributed by atoms with Crippen LogP contribution in [-0.2, 0) is 9.59 Å². The Kier molecular flexibility index (Phi) is 8.91. The molecule has 2 N–H and O–H groups in total. The summed E-state index contributed by atoms with van der Waals surface area (Å²) in [4.78, 5) is 24.9. The van der Waals surface area contributed by atoms with Crippen LogP contribution in [0.4, 0.5) is 11.4 Å². The van der Waals surface area contributed by atoms with Crippen molar-refractivity contribution in [3.63, 3.8) is 0 Å². The fourth-order valence-electron chi connectivity index (χ4n) is 2.75. The van der Waals surface area contributed by atoms with Gasteiger partial charge in [-0.2, -0.15) is 0 Å². The summed E-state index contributed by atoms with van der Waals surface area (Å²) >= 11 is 23.9. The van der Waals surface area contributed by atoms with Gasteiger partial charge in [-0.3, -0.25) is 9.59 Å². The second-order valence-electron chi connectivity index (χ2n) is 7.23. The highest BCUT2D eigenvalue weighted by atomic mass is 35.5. The Morgan fingerprint density at radius 3 is 1.32 bits per heavy atom. The van der Waals surface area contributed by atoms with Crippen LogP contribution in [0.3, 0.4) is 0 Å². The van der Waals surface area contributed by atoms with Crippen molar-refractivity contribution in [3.8, 4) is 11.5 Å². The zero-order chi connectivity index (χ0) is 24.8. The lowest BCUT2D eigenvalue weighted by Gasteiger charge is -2.17. The molecule has 0 aromatic heterocycles. The van der Waals surface area contributed by atoms with Crippen LogP contribution in [0.15, 0.2) is 60.7 Å². The average Bonchev–Trinajstić information content (AvgIpc) is 2.78. The summed E-state index contributed by atoms with van der Waals surface area (Å²) in [5.74, 6) is -0.0413. The van der Waals surface area contributed by atoms with Gasteiger partial charge in [0.05, 0.1) is 10.0 Å². The molecule has 6 nitrogen and oxygen atoms in total. The predicted octanol–water partition coefficient (Wildman–Crippen LogP) is 7.11. The second-order valence-corrected chi connectivity index (χ2v) is 8.91. The molecule has 0 aliphatic heterocycles. The van der Waals surface area contributed by atoms with E-state index in [1.165, 1.54) is 12.1 Å². The average molecular weight is 542 g/mol. The number of carbonyl (C=O) groups excluding carboxylic acids is 2. The van der Waals surface area contributed by atoms with Crippen LogP contribution in [0.2, 0.25) is 20.1 Å². The molecule has 178 valence electrons. The van der Waals surface area contributed by atoms with Gasteiger partial charge in [0.15, 0.2) is 12.2 Å². The van der Waals surface area contributed by atoms with Crippen LogP contribution in [0.1, 0.15) is 13.8 Å². The number of hydrogen-bond donors (Lipinski definition) is 2. The first-order valence-electron chi connectivity index (χ1n) is 10.1. The molecule has 0 aliphatic carbocycles. The molecule has 34 heavy (non-hydrogen) atoms.